The first-order chi connectivity index (χ1) is 13.2. The van der Waals surface area contributed by atoms with Crippen LogP contribution in [-0.2, 0) is 0 Å². The molecule has 138 valence electrons. The molecule has 0 radical (unpaired) electrons. The molecule has 4 aromatic rings. The molecule has 7 nitrogen and oxygen atoms in total. The Hall–Kier alpha value is -3.09. The highest BCUT2D eigenvalue weighted by Gasteiger charge is 2.20. The third kappa shape index (κ3) is 2.61. The van der Waals surface area contributed by atoms with E-state index in [-0.39, 0.29) is 5.69 Å². The van der Waals surface area contributed by atoms with Crippen LogP contribution in [0.4, 0.5) is 0 Å². The van der Waals surface area contributed by atoms with E-state index in [9.17, 15) is 4.79 Å². The van der Waals surface area contributed by atoms with Crippen molar-refractivity contribution in [3.05, 3.63) is 47.3 Å². The van der Waals surface area contributed by atoms with Crippen LogP contribution in [0.5, 0.6) is 5.75 Å². The minimum absolute atomic E-state index is 0.0154. The first-order valence-electron chi connectivity index (χ1n) is 9.36. The molecule has 0 spiro atoms. The number of fused-ring (bicyclic) bond motifs is 2. The maximum absolute atomic E-state index is 12.6. The van der Waals surface area contributed by atoms with Gasteiger partial charge in [0.15, 0.2) is 11.4 Å². The first kappa shape index (κ1) is 16.1. The third-order valence-electron chi connectivity index (χ3n) is 5.55. The number of imidazole rings is 1. The number of hydrogen-bond donors (Lipinski definition) is 1. The minimum atomic E-state index is -0.0154. The van der Waals surface area contributed by atoms with E-state index < -0.39 is 0 Å². The second kappa shape index (κ2) is 6.26. The van der Waals surface area contributed by atoms with Crippen LogP contribution in [0.1, 0.15) is 38.1 Å². The number of hydrogen-bond acceptors (Lipinski definition) is 4. The fourth-order valence-corrected chi connectivity index (χ4v) is 4.22. The average molecular weight is 363 g/mol. The topological polar surface area (TPSA) is 77.2 Å². The predicted octanol–water partition coefficient (Wildman–Crippen LogP) is 3.55. The summed E-state index contributed by atoms with van der Waals surface area (Å²) in [5.41, 5.74) is 4.45. The van der Waals surface area contributed by atoms with E-state index in [0.717, 1.165) is 35.0 Å². The predicted molar refractivity (Wildman–Crippen MR) is 103 cm³/mol. The fourth-order valence-electron chi connectivity index (χ4n) is 4.22. The van der Waals surface area contributed by atoms with E-state index in [4.69, 9.17) is 4.74 Å². The van der Waals surface area contributed by atoms with Crippen molar-refractivity contribution in [1.82, 2.24) is 24.1 Å². The van der Waals surface area contributed by atoms with Crippen molar-refractivity contribution in [2.45, 2.75) is 38.1 Å². The molecule has 1 aliphatic rings. The van der Waals surface area contributed by atoms with Crippen LogP contribution >= 0.6 is 0 Å². The number of aromatic nitrogens is 5. The fraction of sp³-hybridized carbons (Fsp3) is 0.350. The van der Waals surface area contributed by atoms with Crippen molar-refractivity contribution < 1.29 is 4.74 Å². The van der Waals surface area contributed by atoms with Gasteiger partial charge in [-0.15, -0.1) is 0 Å². The summed E-state index contributed by atoms with van der Waals surface area (Å²) in [6.07, 6.45) is 9.24. The van der Waals surface area contributed by atoms with E-state index in [0.29, 0.717) is 17.4 Å². The number of ether oxygens (including phenoxy) is 1. The molecule has 3 heterocycles. The van der Waals surface area contributed by atoms with Crippen LogP contribution in [0.3, 0.4) is 0 Å². The highest BCUT2D eigenvalue weighted by atomic mass is 16.5. The molecule has 5 rings (SSSR count). The Balaban J connectivity index is 1.62. The summed E-state index contributed by atoms with van der Waals surface area (Å²) in [5, 5.41) is 4.22. The summed E-state index contributed by atoms with van der Waals surface area (Å²) in [4.78, 5) is 19.8. The molecule has 1 fully saturated rings. The van der Waals surface area contributed by atoms with Crippen LogP contribution in [0.25, 0.3) is 27.8 Å². The Morgan fingerprint density at radius 1 is 1.15 bits per heavy atom. The highest BCUT2D eigenvalue weighted by molar-refractivity contribution is 5.83. The number of aromatic amines is 1. The van der Waals surface area contributed by atoms with Crippen molar-refractivity contribution in [3.8, 4) is 16.9 Å². The Bertz CT molecular complexity index is 1180. The lowest BCUT2D eigenvalue weighted by Gasteiger charge is -2.22. The van der Waals surface area contributed by atoms with Crippen LogP contribution < -0.4 is 10.4 Å². The Morgan fingerprint density at radius 2 is 2.00 bits per heavy atom. The maximum Gasteiger partial charge on any atom is 0.326 e. The molecule has 3 aromatic heterocycles. The van der Waals surface area contributed by atoms with Gasteiger partial charge in [0.05, 0.1) is 18.1 Å². The second-order valence-corrected chi connectivity index (χ2v) is 7.15. The van der Waals surface area contributed by atoms with Gasteiger partial charge in [-0.25, -0.2) is 14.3 Å². The number of rotatable bonds is 3. The lowest BCUT2D eigenvalue weighted by Crippen LogP contribution is -2.23. The molecule has 1 N–H and O–H groups in total. The Labute approximate surface area is 155 Å². The third-order valence-corrected chi connectivity index (χ3v) is 5.55. The molecule has 1 aliphatic carbocycles. The Kier molecular flexibility index (Phi) is 3.74. The normalized spacial score (nSPS) is 15.6. The molecule has 7 heteroatoms. The van der Waals surface area contributed by atoms with Gasteiger partial charge >= 0.3 is 5.69 Å². The second-order valence-electron chi connectivity index (χ2n) is 7.15. The van der Waals surface area contributed by atoms with E-state index in [1.807, 2.05) is 35.0 Å². The molecular weight excluding hydrogens is 342 g/mol. The molecule has 0 aliphatic heterocycles. The van der Waals surface area contributed by atoms with E-state index in [2.05, 4.69) is 15.1 Å². The molecule has 1 saturated carbocycles. The molecular formula is C20H21N5O2. The highest BCUT2D eigenvalue weighted by Crippen LogP contribution is 2.32. The summed E-state index contributed by atoms with van der Waals surface area (Å²) in [6.45, 7) is 0. The van der Waals surface area contributed by atoms with Gasteiger partial charge in [-0.05, 0) is 36.6 Å². The SMILES string of the molecule is COc1cc(-c2ccc3c(c2)[nH]c(=O)n3C2CCCCC2)cn2ncnc12. The van der Waals surface area contributed by atoms with E-state index >= 15 is 0 Å². The van der Waals surface area contributed by atoms with Crippen LogP contribution in [-0.4, -0.2) is 31.3 Å². The zero-order valence-electron chi connectivity index (χ0n) is 15.2. The number of methoxy groups -OCH3 is 1. The summed E-state index contributed by atoms with van der Waals surface area (Å²) in [6, 6.07) is 8.36. The molecule has 0 amide bonds. The number of benzene rings is 1. The zero-order chi connectivity index (χ0) is 18.4. The van der Waals surface area contributed by atoms with Gasteiger partial charge in [0.25, 0.3) is 0 Å². The summed E-state index contributed by atoms with van der Waals surface area (Å²) in [5.74, 6) is 0.665. The molecule has 1 aromatic carbocycles. The van der Waals surface area contributed by atoms with Gasteiger partial charge in [-0.3, -0.25) is 4.57 Å². The first-order valence-corrected chi connectivity index (χ1v) is 9.36. The number of pyridine rings is 1. The molecule has 0 atom stereocenters. The van der Waals surface area contributed by atoms with Crippen LogP contribution in [0.15, 0.2) is 41.6 Å². The average Bonchev–Trinajstić information content (AvgIpc) is 3.30. The molecule has 0 unspecified atom stereocenters. The summed E-state index contributed by atoms with van der Waals surface area (Å²) in [7, 11) is 1.62. The number of nitrogens with zero attached hydrogens (tertiary/aromatic N) is 4. The lowest BCUT2D eigenvalue weighted by atomic mass is 9.95. The summed E-state index contributed by atoms with van der Waals surface area (Å²) < 4.78 is 9.10. The van der Waals surface area contributed by atoms with Gasteiger partial charge in [-0.1, -0.05) is 25.3 Å². The standard InChI is InChI=1S/C20H21N5O2/c1-27-18-10-14(11-24-19(18)21-12-22-24)13-7-8-17-16(9-13)23-20(26)25(17)15-5-3-2-4-6-15/h7-12,15H,2-6H2,1H3,(H,23,26). The number of nitrogens with one attached hydrogen (secondary N) is 1. The smallest absolute Gasteiger partial charge is 0.326 e. The zero-order valence-corrected chi connectivity index (χ0v) is 15.2. The minimum Gasteiger partial charge on any atom is -0.493 e. The van der Waals surface area contributed by atoms with Gasteiger partial charge in [0, 0.05) is 17.8 Å². The van der Waals surface area contributed by atoms with Crippen molar-refractivity contribution >= 4 is 16.7 Å². The van der Waals surface area contributed by atoms with Crippen molar-refractivity contribution in [1.29, 1.82) is 0 Å². The monoisotopic (exact) mass is 363 g/mol. The van der Waals surface area contributed by atoms with E-state index in [1.165, 1.54) is 25.6 Å². The van der Waals surface area contributed by atoms with E-state index in [1.54, 1.807) is 11.6 Å². The quantitative estimate of drug-likeness (QED) is 0.604. The van der Waals surface area contributed by atoms with Gasteiger partial charge < -0.3 is 9.72 Å². The van der Waals surface area contributed by atoms with Gasteiger partial charge in [0.2, 0.25) is 0 Å². The molecule has 27 heavy (non-hydrogen) atoms. The van der Waals surface area contributed by atoms with Crippen molar-refractivity contribution in [3.63, 3.8) is 0 Å². The lowest BCUT2D eigenvalue weighted by molar-refractivity contribution is 0.353. The maximum atomic E-state index is 12.6. The Morgan fingerprint density at radius 3 is 2.81 bits per heavy atom. The summed E-state index contributed by atoms with van der Waals surface area (Å²) >= 11 is 0. The van der Waals surface area contributed by atoms with Crippen LogP contribution in [0.2, 0.25) is 0 Å². The van der Waals surface area contributed by atoms with Crippen molar-refractivity contribution in [2.24, 2.45) is 0 Å². The van der Waals surface area contributed by atoms with Gasteiger partial charge in [0.1, 0.15) is 6.33 Å². The largest absolute Gasteiger partial charge is 0.493 e. The van der Waals surface area contributed by atoms with Gasteiger partial charge in [-0.2, -0.15) is 5.10 Å². The van der Waals surface area contributed by atoms with Crippen LogP contribution in [0, 0.1) is 0 Å². The van der Waals surface area contributed by atoms with Crippen molar-refractivity contribution in [2.75, 3.05) is 7.11 Å². The molecule has 0 bridgehead atoms. The molecule has 0 saturated heterocycles. The number of H-pyrrole nitrogens is 1.